The van der Waals surface area contributed by atoms with Crippen molar-refractivity contribution >= 4 is 44.6 Å². The molecule has 142 valence electrons. The predicted molar refractivity (Wildman–Crippen MR) is 110 cm³/mol. The SMILES string of the molecule is CC[C@H](C)NC(=O)CSc1nc2n[nH]c(C)c2c(=N)n1-c1ccc(Br)cc1. The van der Waals surface area contributed by atoms with Gasteiger partial charge < -0.3 is 5.32 Å². The Balaban J connectivity index is 2.02. The fourth-order valence-corrected chi connectivity index (χ4v) is 3.69. The third kappa shape index (κ3) is 4.24. The van der Waals surface area contributed by atoms with Gasteiger partial charge in [0.05, 0.1) is 11.1 Å². The lowest BCUT2D eigenvalue weighted by molar-refractivity contribution is -0.119. The molecule has 0 bridgehead atoms. The number of benzene rings is 1. The lowest BCUT2D eigenvalue weighted by atomic mass is 10.3. The molecule has 0 spiro atoms. The number of amides is 1. The zero-order chi connectivity index (χ0) is 19.6. The Morgan fingerprint density at radius 2 is 2.11 bits per heavy atom. The van der Waals surface area contributed by atoms with Gasteiger partial charge in [0.1, 0.15) is 5.49 Å². The van der Waals surface area contributed by atoms with Gasteiger partial charge in [-0.1, -0.05) is 34.6 Å². The number of halogens is 1. The Morgan fingerprint density at radius 3 is 2.78 bits per heavy atom. The number of H-pyrrole nitrogens is 1. The zero-order valence-electron chi connectivity index (χ0n) is 15.3. The van der Waals surface area contributed by atoms with Crippen molar-refractivity contribution in [2.24, 2.45) is 0 Å². The Kier molecular flexibility index (Phi) is 6.01. The van der Waals surface area contributed by atoms with E-state index in [4.69, 9.17) is 5.41 Å². The van der Waals surface area contributed by atoms with Gasteiger partial charge in [0.2, 0.25) is 5.91 Å². The summed E-state index contributed by atoms with van der Waals surface area (Å²) in [5.74, 6) is 0.172. The highest BCUT2D eigenvalue weighted by Gasteiger charge is 2.16. The Bertz CT molecular complexity index is 1030. The number of aromatic amines is 1. The van der Waals surface area contributed by atoms with E-state index < -0.39 is 0 Å². The van der Waals surface area contributed by atoms with Crippen LogP contribution in [0.5, 0.6) is 0 Å². The number of aryl methyl sites for hydroxylation is 1. The monoisotopic (exact) mass is 448 g/mol. The zero-order valence-corrected chi connectivity index (χ0v) is 17.7. The number of aromatic nitrogens is 4. The van der Waals surface area contributed by atoms with Crippen molar-refractivity contribution in [3.63, 3.8) is 0 Å². The summed E-state index contributed by atoms with van der Waals surface area (Å²) in [6, 6.07) is 7.78. The maximum Gasteiger partial charge on any atom is 0.230 e. The molecule has 2 heterocycles. The van der Waals surface area contributed by atoms with E-state index in [1.54, 1.807) is 4.57 Å². The molecule has 0 unspecified atom stereocenters. The molecule has 1 atom stereocenters. The van der Waals surface area contributed by atoms with E-state index in [2.05, 4.69) is 36.4 Å². The van der Waals surface area contributed by atoms with E-state index in [-0.39, 0.29) is 17.7 Å². The van der Waals surface area contributed by atoms with Gasteiger partial charge >= 0.3 is 0 Å². The maximum atomic E-state index is 12.2. The van der Waals surface area contributed by atoms with Crippen LogP contribution in [-0.2, 0) is 4.79 Å². The highest BCUT2D eigenvalue weighted by atomic mass is 79.9. The van der Waals surface area contributed by atoms with Crippen LogP contribution in [0.3, 0.4) is 0 Å². The topological polar surface area (TPSA) is 99.5 Å². The molecular formula is C18H21BrN6OS. The molecule has 1 aromatic carbocycles. The summed E-state index contributed by atoms with van der Waals surface area (Å²) in [5.41, 5.74) is 2.37. The quantitative estimate of drug-likeness (QED) is 0.397. The summed E-state index contributed by atoms with van der Waals surface area (Å²) in [5, 5.41) is 20.0. The lowest BCUT2D eigenvalue weighted by Crippen LogP contribution is -2.33. The molecule has 0 aliphatic rings. The summed E-state index contributed by atoms with van der Waals surface area (Å²) in [6.07, 6.45) is 0.878. The number of carbonyl (C=O) groups is 1. The first-order valence-electron chi connectivity index (χ1n) is 8.61. The van der Waals surface area contributed by atoms with Crippen molar-refractivity contribution in [1.82, 2.24) is 25.1 Å². The molecule has 0 saturated heterocycles. The van der Waals surface area contributed by atoms with Gasteiger partial charge in [-0.15, -0.1) is 0 Å². The number of thioether (sulfide) groups is 1. The number of nitrogens with one attached hydrogen (secondary N) is 3. The first-order chi connectivity index (χ1) is 12.9. The van der Waals surface area contributed by atoms with Crippen LogP contribution in [0, 0.1) is 12.3 Å². The second-order valence-electron chi connectivity index (χ2n) is 6.27. The van der Waals surface area contributed by atoms with Gasteiger partial charge in [-0.25, -0.2) is 4.98 Å². The molecule has 9 heteroatoms. The van der Waals surface area contributed by atoms with Crippen molar-refractivity contribution < 1.29 is 4.79 Å². The molecule has 0 saturated carbocycles. The first-order valence-corrected chi connectivity index (χ1v) is 10.4. The van der Waals surface area contributed by atoms with E-state index in [0.29, 0.717) is 21.7 Å². The van der Waals surface area contributed by atoms with Gasteiger partial charge in [-0.3, -0.25) is 19.9 Å². The minimum Gasteiger partial charge on any atom is -0.353 e. The molecule has 3 aromatic rings. The molecule has 1 amide bonds. The summed E-state index contributed by atoms with van der Waals surface area (Å²) in [6.45, 7) is 5.87. The van der Waals surface area contributed by atoms with E-state index in [1.165, 1.54) is 11.8 Å². The van der Waals surface area contributed by atoms with Gasteiger partial charge in [-0.2, -0.15) is 5.10 Å². The van der Waals surface area contributed by atoms with Gasteiger partial charge in [0, 0.05) is 21.9 Å². The normalized spacial score (nSPS) is 12.3. The molecular weight excluding hydrogens is 428 g/mol. The summed E-state index contributed by atoms with van der Waals surface area (Å²) < 4.78 is 2.70. The maximum absolute atomic E-state index is 12.2. The van der Waals surface area contributed by atoms with Crippen LogP contribution in [-0.4, -0.2) is 37.5 Å². The molecule has 7 nitrogen and oxygen atoms in total. The highest BCUT2D eigenvalue weighted by Crippen LogP contribution is 2.22. The molecule has 0 aliphatic heterocycles. The van der Waals surface area contributed by atoms with Crippen molar-refractivity contribution in [3.8, 4) is 5.69 Å². The molecule has 0 fully saturated rings. The molecule has 3 N–H and O–H groups in total. The van der Waals surface area contributed by atoms with Crippen molar-refractivity contribution in [1.29, 1.82) is 5.41 Å². The number of rotatable bonds is 6. The summed E-state index contributed by atoms with van der Waals surface area (Å²) in [4.78, 5) is 16.8. The Labute approximate surface area is 169 Å². The second-order valence-corrected chi connectivity index (χ2v) is 8.13. The largest absolute Gasteiger partial charge is 0.353 e. The highest BCUT2D eigenvalue weighted by molar-refractivity contribution is 9.10. The number of hydrogen-bond acceptors (Lipinski definition) is 5. The van der Waals surface area contributed by atoms with Crippen molar-refractivity contribution in [2.45, 2.75) is 38.4 Å². The summed E-state index contributed by atoms with van der Waals surface area (Å²) >= 11 is 4.73. The minimum atomic E-state index is -0.0525. The molecule has 3 rings (SSSR count). The molecule has 2 aromatic heterocycles. The van der Waals surface area contributed by atoms with Crippen LogP contribution in [0.15, 0.2) is 33.9 Å². The first kappa shape index (κ1) is 19.6. The van der Waals surface area contributed by atoms with E-state index in [1.807, 2.05) is 45.0 Å². The third-order valence-corrected chi connectivity index (χ3v) is 5.69. The fourth-order valence-electron chi connectivity index (χ4n) is 2.60. The average molecular weight is 449 g/mol. The van der Waals surface area contributed by atoms with Crippen LogP contribution < -0.4 is 10.8 Å². The minimum absolute atomic E-state index is 0.0525. The van der Waals surface area contributed by atoms with Crippen LogP contribution in [0.25, 0.3) is 16.7 Å². The Morgan fingerprint density at radius 1 is 1.41 bits per heavy atom. The van der Waals surface area contributed by atoms with E-state index in [0.717, 1.165) is 22.3 Å². The van der Waals surface area contributed by atoms with E-state index in [9.17, 15) is 4.79 Å². The summed E-state index contributed by atoms with van der Waals surface area (Å²) in [7, 11) is 0. The van der Waals surface area contributed by atoms with Gasteiger partial charge in [-0.05, 0) is 44.5 Å². The van der Waals surface area contributed by atoms with E-state index >= 15 is 0 Å². The Hall–Kier alpha value is -2.13. The number of hydrogen-bond donors (Lipinski definition) is 3. The van der Waals surface area contributed by atoms with Crippen LogP contribution >= 0.6 is 27.7 Å². The fraction of sp³-hybridized carbons (Fsp3) is 0.333. The van der Waals surface area contributed by atoms with Crippen LogP contribution in [0.2, 0.25) is 0 Å². The standard InChI is InChI=1S/C18H21BrN6OS/c1-4-10(2)21-14(26)9-27-18-22-17-15(11(3)23-24-17)16(20)25(18)13-7-5-12(19)6-8-13/h5-8,10,20H,4,9H2,1-3H3,(H,21,26)(H,23,24)/t10-/m0/s1. The second kappa shape index (κ2) is 8.26. The number of nitrogens with zero attached hydrogens (tertiary/aromatic N) is 3. The van der Waals surface area contributed by atoms with Crippen molar-refractivity contribution in [2.75, 3.05) is 5.75 Å². The number of carbonyl (C=O) groups excluding carboxylic acids is 1. The van der Waals surface area contributed by atoms with Crippen molar-refractivity contribution in [3.05, 3.63) is 39.9 Å². The number of fused-ring (bicyclic) bond motifs is 1. The molecule has 0 aliphatic carbocycles. The van der Waals surface area contributed by atoms with Crippen LogP contribution in [0.1, 0.15) is 26.0 Å². The molecule has 0 radical (unpaired) electrons. The average Bonchev–Trinajstić information content (AvgIpc) is 3.02. The lowest BCUT2D eigenvalue weighted by Gasteiger charge is -2.14. The van der Waals surface area contributed by atoms with Gasteiger partial charge in [0.25, 0.3) is 0 Å². The van der Waals surface area contributed by atoms with Crippen LogP contribution in [0.4, 0.5) is 0 Å². The predicted octanol–water partition coefficient (Wildman–Crippen LogP) is 3.31. The molecule has 27 heavy (non-hydrogen) atoms. The smallest absolute Gasteiger partial charge is 0.230 e. The third-order valence-electron chi connectivity index (χ3n) is 4.22. The van der Waals surface area contributed by atoms with Gasteiger partial charge in [0.15, 0.2) is 10.8 Å².